The summed E-state index contributed by atoms with van der Waals surface area (Å²) in [6.45, 7) is 10.1. The summed E-state index contributed by atoms with van der Waals surface area (Å²) in [4.78, 5) is 17.8. The number of halogens is 2. The van der Waals surface area contributed by atoms with Crippen LogP contribution in [0.25, 0.3) is 17.3 Å². The minimum atomic E-state index is -3.09. The molecule has 0 aliphatic carbocycles. The third-order valence-corrected chi connectivity index (χ3v) is 5.74. The Labute approximate surface area is 186 Å². The first-order chi connectivity index (χ1) is 15.4. The molecule has 0 aromatic carbocycles. The van der Waals surface area contributed by atoms with Crippen LogP contribution in [0, 0.1) is 0 Å². The minimum Gasteiger partial charge on any atom is -0.384 e. The lowest BCUT2D eigenvalue weighted by Crippen LogP contribution is -2.40. The van der Waals surface area contributed by atoms with Gasteiger partial charge in [0.05, 0.1) is 32.1 Å². The Bertz CT molecular complexity index is 975. The van der Waals surface area contributed by atoms with E-state index in [1.165, 1.54) is 19.2 Å². The fourth-order valence-corrected chi connectivity index (χ4v) is 3.91. The predicted octanol–water partition coefficient (Wildman–Crippen LogP) is 2.94. The molecule has 0 radical (unpaired) electrons. The highest BCUT2D eigenvalue weighted by Crippen LogP contribution is 2.41. The zero-order valence-electron chi connectivity index (χ0n) is 18.2. The number of hydrogen-bond donors (Lipinski definition) is 1. The number of aromatic nitrogens is 3. The van der Waals surface area contributed by atoms with Gasteiger partial charge >= 0.3 is 0 Å². The maximum atomic E-state index is 15.0. The highest BCUT2D eigenvalue weighted by molar-refractivity contribution is 5.81. The van der Waals surface area contributed by atoms with Crippen molar-refractivity contribution in [3.63, 3.8) is 0 Å². The number of pyridine rings is 1. The van der Waals surface area contributed by atoms with Gasteiger partial charge in [0.2, 0.25) is 5.95 Å². The smallest absolute Gasteiger partial charge is 0.273 e. The van der Waals surface area contributed by atoms with Gasteiger partial charge in [0.25, 0.3) is 5.92 Å². The fourth-order valence-electron chi connectivity index (χ4n) is 3.91. The van der Waals surface area contributed by atoms with E-state index < -0.39 is 5.92 Å². The molecule has 0 spiro atoms. The Morgan fingerprint density at radius 1 is 1.09 bits per heavy atom. The maximum Gasteiger partial charge on any atom is 0.273 e. The molecule has 0 atom stereocenters. The van der Waals surface area contributed by atoms with E-state index in [0.717, 1.165) is 0 Å². The molecule has 10 heteroatoms. The van der Waals surface area contributed by atoms with Crippen LogP contribution in [0.1, 0.15) is 24.5 Å². The number of ether oxygens (including phenoxy) is 2. The molecule has 32 heavy (non-hydrogen) atoms. The molecule has 4 heterocycles. The summed E-state index contributed by atoms with van der Waals surface area (Å²) in [5.74, 6) is -1.93. The molecule has 2 aromatic heterocycles. The molecule has 4 rings (SSSR count). The van der Waals surface area contributed by atoms with Gasteiger partial charge in [-0.05, 0) is 6.07 Å². The number of rotatable bonds is 6. The zero-order chi connectivity index (χ0) is 22.7. The molecule has 2 fully saturated rings. The van der Waals surface area contributed by atoms with Crippen molar-refractivity contribution < 1.29 is 18.3 Å². The van der Waals surface area contributed by atoms with E-state index in [4.69, 9.17) is 25.2 Å². The highest BCUT2D eigenvalue weighted by Gasteiger charge is 2.34. The van der Waals surface area contributed by atoms with Crippen LogP contribution >= 0.6 is 0 Å². The Morgan fingerprint density at radius 2 is 1.72 bits per heavy atom. The second-order valence-corrected chi connectivity index (χ2v) is 7.73. The molecule has 2 aromatic rings. The van der Waals surface area contributed by atoms with Gasteiger partial charge in [-0.25, -0.2) is 18.7 Å². The Balaban J connectivity index is 1.94. The van der Waals surface area contributed by atoms with Crippen molar-refractivity contribution >= 4 is 23.7 Å². The van der Waals surface area contributed by atoms with Crippen LogP contribution in [-0.2, 0) is 15.4 Å². The molecule has 2 N–H and O–H groups in total. The SMILES string of the molecule is C=Cc1c(-c2cnc(N)cc2C(F)(F)CC)nc(N2CCOCC2)nc1N1CCOCC1. The normalized spacial score (nSPS) is 17.5. The molecule has 0 unspecified atom stereocenters. The molecule has 0 bridgehead atoms. The monoisotopic (exact) mass is 446 g/mol. The summed E-state index contributed by atoms with van der Waals surface area (Å²) >= 11 is 0. The van der Waals surface area contributed by atoms with Crippen molar-refractivity contribution in [2.24, 2.45) is 0 Å². The highest BCUT2D eigenvalue weighted by atomic mass is 19.3. The van der Waals surface area contributed by atoms with Crippen LogP contribution in [-0.4, -0.2) is 67.6 Å². The Hall–Kier alpha value is -2.85. The van der Waals surface area contributed by atoms with Crippen molar-refractivity contribution in [3.05, 3.63) is 30.0 Å². The van der Waals surface area contributed by atoms with E-state index in [2.05, 4.69) is 16.5 Å². The lowest BCUT2D eigenvalue weighted by Gasteiger charge is -2.32. The third kappa shape index (κ3) is 4.37. The number of alkyl halides is 2. The van der Waals surface area contributed by atoms with Crippen LogP contribution < -0.4 is 15.5 Å². The van der Waals surface area contributed by atoms with Crippen LogP contribution in [0.2, 0.25) is 0 Å². The Kier molecular flexibility index (Phi) is 6.52. The summed E-state index contributed by atoms with van der Waals surface area (Å²) < 4.78 is 40.8. The lowest BCUT2D eigenvalue weighted by molar-refractivity contribution is -0.00772. The number of nitrogens with zero attached hydrogens (tertiary/aromatic N) is 5. The first-order valence-electron chi connectivity index (χ1n) is 10.8. The van der Waals surface area contributed by atoms with Gasteiger partial charge in [-0.1, -0.05) is 19.6 Å². The maximum absolute atomic E-state index is 15.0. The van der Waals surface area contributed by atoms with Gasteiger partial charge in [0, 0.05) is 55.5 Å². The molecule has 2 aliphatic rings. The summed E-state index contributed by atoms with van der Waals surface area (Å²) in [7, 11) is 0. The number of hydrogen-bond acceptors (Lipinski definition) is 8. The summed E-state index contributed by atoms with van der Waals surface area (Å²) in [6, 6.07) is 1.23. The minimum absolute atomic E-state index is 0.0351. The van der Waals surface area contributed by atoms with Crippen molar-refractivity contribution in [2.75, 3.05) is 68.1 Å². The van der Waals surface area contributed by atoms with Crippen LogP contribution in [0.15, 0.2) is 18.8 Å². The van der Waals surface area contributed by atoms with Crippen molar-refractivity contribution in [1.82, 2.24) is 15.0 Å². The summed E-state index contributed by atoms with van der Waals surface area (Å²) in [6.07, 6.45) is 2.62. The van der Waals surface area contributed by atoms with E-state index in [1.54, 1.807) is 6.08 Å². The quantitative estimate of drug-likeness (QED) is 0.725. The predicted molar refractivity (Wildman–Crippen MR) is 120 cm³/mol. The van der Waals surface area contributed by atoms with Crippen LogP contribution in [0.5, 0.6) is 0 Å². The van der Waals surface area contributed by atoms with Gasteiger partial charge in [0.1, 0.15) is 11.6 Å². The van der Waals surface area contributed by atoms with Crippen molar-refractivity contribution in [1.29, 1.82) is 0 Å². The molecular weight excluding hydrogens is 418 g/mol. The molecule has 0 amide bonds. The average molecular weight is 447 g/mol. The molecular formula is C22H28F2N6O2. The molecule has 2 saturated heterocycles. The largest absolute Gasteiger partial charge is 0.384 e. The first kappa shape index (κ1) is 22.3. The van der Waals surface area contributed by atoms with E-state index in [-0.39, 0.29) is 23.4 Å². The summed E-state index contributed by atoms with van der Waals surface area (Å²) in [5, 5.41) is 0. The van der Waals surface area contributed by atoms with Gasteiger partial charge in [-0.3, -0.25) is 0 Å². The number of nitrogens with two attached hydrogens (primary N) is 1. The first-order valence-corrected chi connectivity index (χ1v) is 10.8. The molecule has 8 nitrogen and oxygen atoms in total. The van der Waals surface area contributed by atoms with Gasteiger partial charge in [-0.15, -0.1) is 0 Å². The van der Waals surface area contributed by atoms with E-state index in [9.17, 15) is 8.78 Å². The number of anilines is 3. The third-order valence-electron chi connectivity index (χ3n) is 5.74. The second-order valence-electron chi connectivity index (χ2n) is 7.73. The topological polar surface area (TPSA) is 89.6 Å². The van der Waals surface area contributed by atoms with E-state index in [0.29, 0.717) is 75.6 Å². The van der Waals surface area contributed by atoms with Crippen molar-refractivity contribution in [2.45, 2.75) is 19.3 Å². The van der Waals surface area contributed by atoms with E-state index >= 15 is 0 Å². The summed E-state index contributed by atoms with van der Waals surface area (Å²) in [5.41, 5.74) is 6.77. The Morgan fingerprint density at radius 3 is 2.31 bits per heavy atom. The second kappa shape index (κ2) is 9.33. The zero-order valence-corrected chi connectivity index (χ0v) is 18.2. The molecule has 0 saturated carbocycles. The van der Waals surface area contributed by atoms with Crippen molar-refractivity contribution in [3.8, 4) is 11.3 Å². The van der Waals surface area contributed by atoms with Crippen LogP contribution in [0.4, 0.5) is 26.4 Å². The van der Waals surface area contributed by atoms with E-state index in [1.807, 2.05) is 4.90 Å². The standard InChI is InChI=1S/C22H28F2N6O2/c1-3-15-19(16-14-26-18(25)13-17(16)22(23,24)4-2)27-21(30-7-11-32-12-8-30)28-20(15)29-5-9-31-10-6-29/h3,13-14H,1,4-12H2,2H3,(H2,25,26). The van der Waals surface area contributed by atoms with Gasteiger partial charge < -0.3 is 25.0 Å². The lowest BCUT2D eigenvalue weighted by atomic mass is 9.96. The molecule has 172 valence electrons. The fraction of sp³-hybridized carbons (Fsp3) is 0.500. The van der Waals surface area contributed by atoms with Gasteiger partial charge in [-0.2, -0.15) is 4.98 Å². The number of morpholine rings is 2. The molecule has 2 aliphatic heterocycles. The van der Waals surface area contributed by atoms with Crippen LogP contribution in [0.3, 0.4) is 0 Å². The van der Waals surface area contributed by atoms with Gasteiger partial charge in [0.15, 0.2) is 0 Å². The average Bonchev–Trinajstić information content (AvgIpc) is 2.84. The number of nitrogen functional groups attached to an aromatic ring is 1.